The van der Waals surface area contributed by atoms with Gasteiger partial charge >= 0.3 is 0 Å². The Morgan fingerprint density at radius 2 is 2.10 bits per heavy atom. The van der Waals surface area contributed by atoms with Gasteiger partial charge < -0.3 is 5.32 Å². The Kier molecular flexibility index (Phi) is 5.02. The zero-order chi connectivity index (χ0) is 21.5. The number of aryl methyl sites for hydroxylation is 1. The Bertz CT molecular complexity index is 1300. The van der Waals surface area contributed by atoms with E-state index in [2.05, 4.69) is 31.3 Å². The number of nitrogens with zero attached hydrogens (tertiary/aromatic N) is 4. The number of carbonyl (C=O) groups excluding carboxylic acids is 1. The van der Waals surface area contributed by atoms with Crippen LogP contribution in [0.25, 0.3) is 16.9 Å². The summed E-state index contributed by atoms with van der Waals surface area (Å²) >= 11 is 3.41. The van der Waals surface area contributed by atoms with Crippen molar-refractivity contribution in [1.82, 2.24) is 25.1 Å². The highest BCUT2D eigenvalue weighted by Gasteiger charge is 2.29. The van der Waals surface area contributed by atoms with Crippen LogP contribution < -0.4 is 5.32 Å². The van der Waals surface area contributed by atoms with Crippen LogP contribution in [0.5, 0.6) is 0 Å². The minimum Gasteiger partial charge on any atom is -0.348 e. The molecule has 1 N–H and O–H groups in total. The van der Waals surface area contributed by atoms with Crippen LogP contribution in [0.3, 0.4) is 0 Å². The second kappa shape index (κ2) is 7.85. The number of aromatic nitrogens is 4. The molecule has 5 rings (SSSR count). The van der Waals surface area contributed by atoms with Gasteiger partial charge in [-0.2, -0.15) is 9.78 Å². The fourth-order valence-corrected chi connectivity index (χ4v) is 4.05. The number of hydrogen-bond donors (Lipinski definition) is 1. The van der Waals surface area contributed by atoms with Crippen molar-refractivity contribution in [3.63, 3.8) is 0 Å². The largest absolute Gasteiger partial charge is 0.348 e. The van der Waals surface area contributed by atoms with Gasteiger partial charge in [-0.05, 0) is 61.7 Å². The lowest BCUT2D eigenvalue weighted by Crippen LogP contribution is -2.24. The lowest BCUT2D eigenvalue weighted by Gasteiger charge is -2.10. The van der Waals surface area contributed by atoms with E-state index in [4.69, 9.17) is 4.98 Å². The molecule has 0 spiro atoms. The Labute approximate surface area is 186 Å². The summed E-state index contributed by atoms with van der Waals surface area (Å²) in [6.07, 6.45) is 3.83. The number of hydrogen-bond acceptors (Lipinski definition) is 4. The smallest absolute Gasteiger partial charge is 0.252 e. The Morgan fingerprint density at radius 3 is 2.84 bits per heavy atom. The fourth-order valence-electron chi connectivity index (χ4n) is 3.66. The molecule has 0 bridgehead atoms. The van der Waals surface area contributed by atoms with Crippen LogP contribution in [0, 0.1) is 12.7 Å². The molecule has 0 atom stereocenters. The van der Waals surface area contributed by atoms with Gasteiger partial charge in [0.15, 0.2) is 11.5 Å². The number of pyridine rings is 2. The van der Waals surface area contributed by atoms with Gasteiger partial charge in [0.25, 0.3) is 5.91 Å². The van der Waals surface area contributed by atoms with Crippen molar-refractivity contribution >= 4 is 32.9 Å². The van der Waals surface area contributed by atoms with E-state index >= 15 is 0 Å². The van der Waals surface area contributed by atoms with Gasteiger partial charge in [-0.1, -0.05) is 22.0 Å². The van der Waals surface area contributed by atoms with Crippen LogP contribution in [0.1, 0.15) is 46.1 Å². The number of fused-ring (bicyclic) bond motifs is 1. The van der Waals surface area contributed by atoms with Crippen LogP contribution in [0.2, 0.25) is 0 Å². The Hall–Kier alpha value is -3.13. The molecule has 0 radical (unpaired) electrons. The maximum atomic E-state index is 13.6. The first-order valence-electron chi connectivity index (χ1n) is 10.0. The second-order valence-corrected chi connectivity index (χ2v) is 8.53. The molecule has 8 heteroatoms. The third-order valence-corrected chi connectivity index (χ3v) is 6.16. The molecule has 1 saturated carbocycles. The molecule has 1 aliphatic carbocycles. The number of benzene rings is 1. The fraction of sp³-hybridized carbons (Fsp3) is 0.217. The van der Waals surface area contributed by atoms with Crippen molar-refractivity contribution < 1.29 is 9.18 Å². The topological polar surface area (TPSA) is 72.7 Å². The average Bonchev–Trinajstić information content (AvgIpc) is 3.58. The van der Waals surface area contributed by atoms with Crippen LogP contribution >= 0.6 is 15.9 Å². The molecule has 1 amide bonds. The standard InChI is InChI=1S/C23H19BrFN5O/c1-13-21-17(23(31)27-12-15-10-16(25)7-8-18(15)24)11-19(14-5-6-14)28-22(21)30(29-13)20-4-2-3-9-26-20/h2-4,7-11,14H,5-6,12H2,1H3,(H,27,31). The lowest BCUT2D eigenvalue weighted by atomic mass is 10.1. The van der Waals surface area contributed by atoms with Crippen molar-refractivity contribution in [2.45, 2.75) is 32.2 Å². The van der Waals surface area contributed by atoms with E-state index in [0.717, 1.165) is 23.0 Å². The molecule has 3 aromatic heterocycles. The highest BCUT2D eigenvalue weighted by atomic mass is 79.9. The van der Waals surface area contributed by atoms with E-state index in [0.29, 0.717) is 39.6 Å². The molecule has 1 aromatic carbocycles. The third kappa shape index (κ3) is 3.83. The summed E-state index contributed by atoms with van der Waals surface area (Å²) in [5.74, 6) is 0.424. The Balaban J connectivity index is 1.56. The maximum Gasteiger partial charge on any atom is 0.252 e. The first-order chi connectivity index (χ1) is 15.0. The van der Waals surface area contributed by atoms with Gasteiger partial charge in [0, 0.05) is 28.8 Å². The van der Waals surface area contributed by atoms with Crippen molar-refractivity contribution in [3.05, 3.63) is 81.5 Å². The van der Waals surface area contributed by atoms with Gasteiger partial charge in [-0.15, -0.1) is 0 Å². The molecule has 156 valence electrons. The monoisotopic (exact) mass is 479 g/mol. The highest BCUT2D eigenvalue weighted by Crippen LogP contribution is 2.40. The predicted octanol–water partition coefficient (Wildman–Crippen LogP) is 4.83. The molecule has 1 aliphatic rings. The van der Waals surface area contributed by atoms with E-state index in [1.54, 1.807) is 16.9 Å². The van der Waals surface area contributed by atoms with E-state index in [-0.39, 0.29) is 18.3 Å². The molecule has 3 heterocycles. The molecule has 1 fully saturated rings. The normalized spacial score (nSPS) is 13.5. The molecule has 4 aromatic rings. The first-order valence-corrected chi connectivity index (χ1v) is 10.8. The summed E-state index contributed by atoms with van der Waals surface area (Å²) in [4.78, 5) is 22.5. The average molecular weight is 480 g/mol. The maximum absolute atomic E-state index is 13.6. The highest BCUT2D eigenvalue weighted by molar-refractivity contribution is 9.10. The molecule has 31 heavy (non-hydrogen) atoms. The number of nitrogens with one attached hydrogen (secondary N) is 1. The second-order valence-electron chi connectivity index (χ2n) is 7.67. The Morgan fingerprint density at radius 1 is 1.26 bits per heavy atom. The minimum atomic E-state index is -0.345. The zero-order valence-electron chi connectivity index (χ0n) is 16.8. The molecule has 0 aliphatic heterocycles. The SMILES string of the molecule is Cc1nn(-c2ccccn2)c2nc(C3CC3)cc(C(=O)NCc3cc(F)ccc3Br)c12. The van der Waals surface area contributed by atoms with Crippen molar-refractivity contribution in [1.29, 1.82) is 0 Å². The molecular formula is C23H19BrFN5O. The van der Waals surface area contributed by atoms with Gasteiger partial charge in [0.05, 0.1) is 16.6 Å². The molecule has 6 nitrogen and oxygen atoms in total. The number of halogens is 2. The molecular weight excluding hydrogens is 461 g/mol. The number of carbonyl (C=O) groups is 1. The van der Waals surface area contributed by atoms with Crippen molar-refractivity contribution in [2.24, 2.45) is 0 Å². The third-order valence-electron chi connectivity index (χ3n) is 5.39. The quantitative estimate of drug-likeness (QED) is 0.444. The predicted molar refractivity (Wildman–Crippen MR) is 119 cm³/mol. The van der Waals surface area contributed by atoms with Crippen molar-refractivity contribution in [2.75, 3.05) is 0 Å². The summed E-state index contributed by atoms with van der Waals surface area (Å²) in [5, 5.41) is 8.24. The van der Waals surface area contributed by atoms with E-state index in [1.165, 1.54) is 12.1 Å². The zero-order valence-corrected chi connectivity index (χ0v) is 18.4. The summed E-state index contributed by atoms with van der Waals surface area (Å²) in [6.45, 7) is 2.06. The van der Waals surface area contributed by atoms with Crippen LogP contribution in [-0.4, -0.2) is 25.7 Å². The summed E-state index contributed by atoms with van der Waals surface area (Å²) in [5.41, 5.74) is 3.41. The van der Waals surface area contributed by atoms with Crippen LogP contribution in [0.4, 0.5) is 4.39 Å². The minimum absolute atomic E-state index is 0.202. The van der Waals surface area contributed by atoms with Gasteiger partial charge in [0.1, 0.15) is 5.82 Å². The number of amides is 1. The van der Waals surface area contributed by atoms with Crippen LogP contribution in [-0.2, 0) is 6.54 Å². The van der Waals surface area contributed by atoms with E-state index in [9.17, 15) is 9.18 Å². The summed E-state index contributed by atoms with van der Waals surface area (Å²) < 4.78 is 16.0. The summed E-state index contributed by atoms with van der Waals surface area (Å²) in [7, 11) is 0. The number of rotatable bonds is 5. The van der Waals surface area contributed by atoms with Gasteiger partial charge in [0.2, 0.25) is 0 Å². The van der Waals surface area contributed by atoms with Crippen molar-refractivity contribution in [3.8, 4) is 5.82 Å². The van der Waals surface area contributed by atoms with Crippen LogP contribution in [0.15, 0.2) is 53.1 Å². The van der Waals surface area contributed by atoms with E-state index in [1.807, 2.05) is 31.2 Å². The lowest BCUT2D eigenvalue weighted by molar-refractivity contribution is 0.0952. The molecule has 0 unspecified atom stereocenters. The first kappa shape index (κ1) is 19.8. The summed E-state index contributed by atoms with van der Waals surface area (Å²) in [6, 6.07) is 11.9. The van der Waals surface area contributed by atoms with Gasteiger partial charge in [-0.25, -0.2) is 14.4 Å². The van der Waals surface area contributed by atoms with E-state index < -0.39 is 0 Å². The molecule has 0 saturated heterocycles. The van der Waals surface area contributed by atoms with Gasteiger partial charge in [-0.3, -0.25) is 4.79 Å².